The highest BCUT2D eigenvalue weighted by molar-refractivity contribution is 5.78. The van der Waals surface area contributed by atoms with Gasteiger partial charge in [-0.1, -0.05) is 36.9 Å². The summed E-state index contributed by atoms with van der Waals surface area (Å²) in [6, 6.07) is 13.2. The summed E-state index contributed by atoms with van der Waals surface area (Å²) in [6.45, 7) is 3.99. The topological polar surface area (TPSA) is 50.7 Å². The Bertz CT molecular complexity index is 768. The first kappa shape index (κ1) is 10.5. The first-order chi connectivity index (χ1) is 8.77. The molecule has 0 amide bonds. The number of aromatic nitrogens is 3. The van der Waals surface area contributed by atoms with Crippen molar-refractivity contribution in [3.05, 3.63) is 71.3 Å². The van der Waals surface area contributed by atoms with E-state index in [-0.39, 0.29) is 5.69 Å². The van der Waals surface area contributed by atoms with Crippen LogP contribution in [0.4, 0.5) is 0 Å². The Kier molecular flexibility index (Phi) is 2.34. The molecular weight excluding hydrogens is 226 g/mol. The molecule has 0 aliphatic rings. The smallest absolute Gasteiger partial charge is 0.290 e. The Morgan fingerprint density at radius 2 is 1.94 bits per heavy atom. The zero-order valence-corrected chi connectivity index (χ0v) is 9.63. The van der Waals surface area contributed by atoms with E-state index >= 15 is 0 Å². The van der Waals surface area contributed by atoms with Gasteiger partial charge in [-0.25, -0.2) is 9.78 Å². The van der Waals surface area contributed by atoms with Gasteiger partial charge in [-0.2, -0.15) is 0 Å². The number of hydrogen-bond acceptors (Lipinski definition) is 2. The Morgan fingerprint density at radius 1 is 1.17 bits per heavy atom. The van der Waals surface area contributed by atoms with Crippen LogP contribution in [0.1, 0.15) is 5.56 Å². The fourth-order valence-corrected chi connectivity index (χ4v) is 1.97. The van der Waals surface area contributed by atoms with Crippen molar-refractivity contribution < 1.29 is 0 Å². The minimum Gasteiger partial charge on any atom is -0.290 e. The molecule has 0 unspecified atom stereocenters. The van der Waals surface area contributed by atoms with Gasteiger partial charge in [-0.3, -0.25) is 9.55 Å². The van der Waals surface area contributed by atoms with Crippen LogP contribution in [0.2, 0.25) is 0 Å². The van der Waals surface area contributed by atoms with Crippen molar-refractivity contribution in [3.63, 3.8) is 0 Å². The molecule has 3 rings (SSSR count). The molecule has 0 bridgehead atoms. The van der Waals surface area contributed by atoms with Crippen LogP contribution < -0.4 is 5.69 Å². The fraction of sp³-hybridized carbons (Fsp3) is 0. The van der Waals surface area contributed by atoms with Crippen molar-refractivity contribution in [1.82, 2.24) is 14.5 Å². The molecule has 0 spiro atoms. The highest BCUT2D eigenvalue weighted by Gasteiger charge is 2.10. The van der Waals surface area contributed by atoms with E-state index in [1.165, 1.54) is 4.57 Å². The number of imidazole rings is 1. The van der Waals surface area contributed by atoms with E-state index in [9.17, 15) is 4.79 Å². The second-order valence-corrected chi connectivity index (χ2v) is 3.95. The first-order valence-electron chi connectivity index (χ1n) is 5.58. The van der Waals surface area contributed by atoms with Crippen LogP contribution in [-0.4, -0.2) is 14.5 Å². The zero-order chi connectivity index (χ0) is 12.5. The number of nitrogens with one attached hydrogen (secondary N) is 1. The molecule has 2 aromatic heterocycles. The van der Waals surface area contributed by atoms with Gasteiger partial charge in [0.2, 0.25) is 0 Å². The molecule has 0 radical (unpaired) electrons. The van der Waals surface area contributed by atoms with Gasteiger partial charge in [0, 0.05) is 6.20 Å². The summed E-state index contributed by atoms with van der Waals surface area (Å²) in [5, 5.41) is 0. The lowest BCUT2D eigenvalue weighted by Gasteiger charge is -2.06. The van der Waals surface area contributed by atoms with Gasteiger partial charge >= 0.3 is 5.69 Å². The van der Waals surface area contributed by atoms with Crippen molar-refractivity contribution in [1.29, 1.82) is 0 Å². The van der Waals surface area contributed by atoms with E-state index in [1.54, 1.807) is 12.3 Å². The first-order valence-corrected chi connectivity index (χ1v) is 5.58. The minimum absolute atomic E-state index is 0.224. The van der Waals surface area contributed by atoms with E-state index in [2.05, 4.69) is 16.5 Å². The molecule has 0 atom stereocenters. The standard InChI is InChI=1S/C14H11N3O/c1-10(11-6-3-2-4-7-11)17-12-8-5-9-15-13(12)16-14(17)18/h2-9H,1H2,(H,15,16,18). The van der Waals surface area contributed by atoms with Crippen LogP contribution in [0.3, 0.4) is 0 Å². The maximum Gasteiger partial charge on any atom is 0.332 e. The Balaban J connectivity index is 2.24. The zero-order valence-electron chi connectivity index (χ0n) is 9.63. The number of rotatable bonds is 2. The van der Waals surface area contributed by atoms with Crippen LogP contribution in [0.15, 0.2) is 60.0 Å². The van der Waals surface area contributed by atoms with Gasteiger partial charge in [0.05, 0.1) is 11.2 Å². The molecule has 0 aliphatic carbocycles. The van der Waals surface area contributed by atoms with E-state index < -0.39 is 0 Å². The third-order valence-corrected chi connectivity index (χ3v) is 2.83. The van der Waals surface area contributed by atoms with Crippen LogP contribution in [0, 0.1) is 0 Å². The Morgan fingerprint density at radius 3 is 2.72 bits per heavy atom. The average molecular weight is 237 g/mol. The molecule has 1 N–H and O–H groups in total. The van der Waals surface area contributed by atoms with Crippen molar-refractivity contribution >= 4 is 16.9 Å². The third-order valence-electron chi connectivity index (χ3n) is 2.83. The molecule has 18 heavy (non-hydrogen) atoms. The van der Waals surface area contributed by atoms with Crippen molar-refractivity contribution in [3.8, 4) is 0 Å². The van der Waals surface area contributed by atoms with Crippen LogP contribution in [0.5, 0.6) is 0 Å². The molecule has 88 valence electrons. The van der Waals surface area contributed by atoms with E-state index in [4.69, 9.17) is 0 Å². The molecule has 4 nitrogen and oxygen atoms in total. The Labute approximate surface area is 103 Å². The van der Waals surface area contributed by atoms with Crippen LogP contribution in [0.25, 0.3) is 16.9 Å². The lowest BCUT2D eigenvalue weighted by atomic mass is 10.2. The van der Waals surface area contributed by atoms with Crippen molar-refractivity contribution in [2.45, 2.75) is 0 Å². The number of hydrogen-bond donors (Lipinski definition) is 1. The lowest BCUT2D eigenvalue weighted by molar-refractivity contribution is 1.04. The molecule has 0 saturated carbocycles. The summed E-state index contributed by atoms with van der Waals surface area (Å²) in [6.07, 6.45) is 1.65. The largest absolute Gasteiger partial charge is 0.332 e. The monoisotopic (exact) mass is 237 g/mol. The highest BCUT2D eigenvalue weighted by atomic mass is 16.1. The van der Waals surface area contributed by atoms with Crippen LogP contribution >= 0.6 is 0 Å². The fourth-order valence-electron chi connectivity index (χ4n) is 1.97. The van der Waals surface area contributed by atoms with Gasteiger partial charge in [-0.15, -0.1) is 0 Å². The number of fused-ring (bicyclic) bond motifs is 1. The summed E-state index contributed by atoms with van der Waals surface area (Å²) in [4.78, 5) is 18.8. The highest BCUT2D eigenvalue weighted by Crippen LogP contribution is 2.17. The van der Waals surface area contributed by atoms with Crippen molar-refractivity contribution in [2.75, 3.05) is 0 Å². The SMILES string of the molecule is C=C(c1ccccc1)n1c(=O)[nH]c2ncccc21. The van der Waals surface area contributed by atoms with Gasteiger partial charge in [0.15, 0.2) is 5.65 Å². The predicted molar refractivity (Wildman–Crippen MR) is 71.2 cm³/mol. The van der Waals surface area contributed by atoms with Gasteiger partial charge in [-0.05, 0) is 17.7 Å². The maximum atomic E-state index is 12.0. The second kappa shape index (κ2) is 4.00. The number of benzene rings is 1. The summed E-state index contributed by atoms with van der Waals surface area (Å²) in [5.41, 5.74) is 2.62. The van der Waals surface area contributed by atoms with Gasteiger partial charge in [0.25, 0.3) is 0 Å². The van der Waals surface area contributed by atoms with E-state index in [0.717, 1.165) is 11.1 Å². The van der Waals surface area contributed by atoms with Crippen LogP contribution in [-0.2, 0) is 0 Å². The quantitative estimate of drug-likeness (QED) is 0.743. The summed E-state index contributed by atoms with van der Waals surface area (Å²) in [5.74, 6) is 0. The Hall–Kier alpha value is -2.62. The van der Waals surface area contributed by atoms with Gasteiger partial charge < -0.3 is 0 Å². The number of H-pyrrole nitrogens is 1. The molecule has 4 heteroatoms. The molecule has 1 aromatic carbocycles. The molecule has 0 aliphatic heterocycles. The van der Waals surface area contributed by atoms with Crippen molar-refractivity contribution in [2.24, 2.45) is 0 Å². The molecule has 2 heterocycles. The molecular formula is C14H11N3O. The van der Waals surface area contributed by atoms with Gasteiger partial charge in [0.1, 0.15) is 0 Å². The second-order valence-electron chi connectivity index (χ2n) is 3.95. The number of aromatic amines is 1. The van der Waals surface area contributed by atoms with E-state index in [0.29, 0.717) is 11.3 Å². The summed E-state index contributed by atoms with van der Waals surface area (Å²) >= 11 is 0. The third kappa shape index (κ3) is 1.55. The average Bonchev–Trinajstić information content (AvgIpc) is 2.75. The molecule has 3 aromatic rings. The predicted octanol–water partition coefficient (Wildman–Crippen LogP) is 2.24. The summed E-state index contributed by atoms with van der Waals surface area (Å²) in [7, 11) is 0. The summed E-state index contributed by atoms with van der Waals surface area (Å²) < 4.78 is 1.54. The maximum absolute atomic E-state index is 12.0. The van der Waals surface area contributed by atoms with E-state index in [1.807, 2.05) is 36.4 Å². The number of pyridine rings is 1. The molecule has 0 saturated heterocycles. The minimum atomic E-state index is -0.224. The number of nitrogens with zero attached hydrogens (tertiary/aromatic N) is 2. The lowest BCUT2D eigenvalue weighted by Crippen LogP contribution is -2.15. The normalized spacial score (nSPS) is 10.7. The molecule has 0 fully saturated rings.